The molecule has 2 aromatic carbocycles. The molecule has 5 nitrogen and oxygen atoms in total. The van der Waals surface area contributed by atoms with E-state index in [-0.39, 0.29) is 27.2 Å². The maximum atomic E-state index is 14.1. The normalized spacial score (nSPS) is 10.0. The molecule has 0 aliphatic heterocycles. The molecule has 0 atom stereocenters. The van der Waals surface area contributed by atoms with E-state index in [9.17, 15) is 14.5 Å². The van der Waals surface area contributed by atoms with Gasteiger partial charge in [0.1, 0.15) is 11.8 Å². The largest absolute Gasteiger partial charge is 0.453 e. The van der Waals surface area contributed by atoms with Crippen molar-refractivity contribution in [2.24, 2.45) is 0 Å². The smallest absolute Gasteiger partial charge is 0.273 e. The lowest BCUT2D eigenvalue weighted by atomic mass is 10.2. The van der Waals surface area contributed by atoms with Crippen molar-refractivity contribution < 1.29 is 14.1 Å². The lowest BCUT2D eigenvalue weighted by Crippen LogP contribution is -1.94. The molecule has 0 saturated carbocycles. The van der Waals surface area contributed by atoms with Crippen molar-refractivity contribution in [3.05, 3.63) is 60.8 Å². The summed E-state index contributed by atoms with van der Waals surface area (Å²) in [5.74, 6) is -0.811. The molecule has 2 rings (SSSR count). The summed E-state index contributed by atoms with van der Waals surface area (Å²) in [5, 5.41) is 19.5. The molecule has 0 aromatic heterocycles. The Balaban J connectivity index is 2.44. The van der Waals surface area contributed by atoms with Gasteiger partial charge >= 0.3 is 0 Å². The molecule has 0 amide bonds. The molecule has 21 heavy (non-hydrogen) atoms. The van der Waals surface area contributed by atoms with E-state index >= 15 is 0 Å². The Morgan fingerprint density at radius 3 is 2.57 bits per heavy atom. The predicted octanol–water partition coefficient (Wildman–Crippen LogP) is 4.92. The van der Waals surface area contributed by atoms with Gasteiger partial charge in [0.15, 0.2) is 11.6 Å². The van der Waals surface area contributed by atoms with Crippen molar-refractivity contribution in [1.29, 1.82) is 5.26 Å². The van der Waals surface area contributed by atoms with Gasteiger partial charge in [-0.1, -0.05) is 0 Å². The van der Waals surface area contributed by atoms with Crippen LogP contribution in [0.3, 0.4) is 0 Å². The van der Waals surface area contributed by atoms with Crippen LogP contribution in [-0.4, -0.2) is 4.92 Å². The minimum absolute atomic E-state index is 0.0240. The summed E-state index contributed by atoms with van der Waals surface area (Å²) in [7, 11) is 0. The lowest BCUT2D eigenvalue weighted by Gasteiger charge is -2.10. The molecule has 106 valence electrons. The summed E-state index contributed by atoms with van der Waals surface area (Å²) in [4.78, 5) is 10.2. The van der Waals surface area contributed by atoms with Crippen molar-refractivity contribution in [2.45, 2.75) is 0 Å². The molecule has 0 radical (unpaired) electrons. The van der Waals surface area contributed by atoms with Crippen LogP contribution in [-0.2, 0) is 0 Å². The van der Waals surface area contributed by atoms with Gasteiger partial charge in [0, 0.05) is 6.07 Å². The highest BCUT2D eigenvalue weighted by Gasteiger charge is 2.16. The minimum atomic E-state index is -0.757. The number of benzene rings is 2. The molecular weight excluding hydrogens is 411 g/mol. The Bertz CT molecular complexity index is 775. The van der Waals surface area contributed by atoms with Crippen molar-refractivity contribution in [3.8, 4) is 17.6 Å². The van der Waals surface area contributed by atoms with E-state index in [0.29, 0.717) is 4.47 Å². The first-order valence-corrected chi connectivity index (χ1v) is 7.02. The predicted molar refractivity (Wildman–Crippen MR) is 79.7 cm³/mol. The zero-order chi connectivity index (χ0) is 15.6. The Hall–Kier alpha value is -1.98. The Labute approximate surface area is 135 Å². The Morgan fingerprint density at radius 2 is 1.95 bits per heavy atom. The van der Waals surface area contributed by atoms with Crippen LogP contribution in [0.1, 0.15) is 5.56 Å². The Morgan fingerprint density at radius 1 is 1.24 bits per heavy atom. The minimum Gasteiger partial charge on any atom is -0.453 e. The van der Waals surface area contributed by atoms with Gasteiger partial charge in [-0.25, -0.2) is 4.39 Å². The van der Waals surface area contributed by atoms with E-state index in [1.165, 1.54) is 30.3 Å². The summed E-state index contributed by atoms with van der Waals surface area (Å²) in [6.07, 6.45) is 0. The first-order valence-electron chi connectivity index (χ1n) is 5.44. The van der Waals surface area contributed by atoms with Crippen LogP contribution in [0.15, 0.2) is 39.3 Å². The van der Waals surface area contributed by atoms with Gasteiger partial charge < -0.3 is 4.74 Å². The maximum absolute atomic E-state index is 14.1. The number of nitrogens with zero attached hydrogens (tertiary/aromatic N) is 2. The lowest BCUT2D eigenvalue weighted by molar-refractivity contribution is -0.384. The highest BCUT2D eigenvalue weighted by molar-refractivity contribution is 9.10. The van der Waals surface area contributed by atoms with Gasteiger partial charge in [0.25, 0.3) is 5.69 Å². The van der Waals surface area contributed by atoms with Gasteiger partial charge in [0.05, 0.1) is 25.5 Å². The maximum Gasteiger partial charge on any atom is 0.273 e. The summed E-state index contributed by atoms with van der Waals surface area (Å²) in [6, 6.07) is 8.39. The second kappa shape index (κ2) is 6.20. The number of nitriles is 1. The molecule has 0 aliphatic rings. The summed E-state index contributed by atoms with van der Waals surface area (Å²) in [5.41, 5.74) is -0.0562. The van der Waals surface area contributed by atoms with E-state index < -0.39 is 10.7 Å². The number of hydrogen-bond donors (Lipinski definition) is 0. The molecular formula is C13H5Br2FN2O3. The zero-order valence-corrected chi connectivity index (χ0v) is 13.3. The van der Waals surface area contributed by atoms with Crippen LogP contribution < -0.4 is 4.74 Å². The van der Waals surface area contributed by atoms with Crippen LogP contribution in [0.2, 0.25) is 0 Å². The Kier molecular flexibility index (Phi) is 4.55. The SMILES string of the molecule is N#Cc1ccc(Oc2cc([N+](=O)[O-])ccc2Br)c(F)c1Br. The highest BCUT2D eigenvalue weighted by atomic mass is 79.9. The van der Waals surface area contributed by atoms with Gasteiger partial charge in [-0.3, -0.25) is 10.1 Å². The van der Waals surface area contributed by atoms with Gasteiger partial charge in [0.2, 0.25) is 0 Å². The van der Waals surface area contributed by atoms with Crippen LogP contribution in [0.25, 0.3) is 0 Å². The third-order valence-corrected chi connectivity index (χ3v) is 3.94. The average Bonchev–Trinajstić information content (AvgIpc) is 2.46. The summed E-state index contributed by atoms with van der Waals surface area (Å²) in [6.45, 7) is 0. The molecule has 2 aromatic rings. The number of nitro benzene ring substituents is 1. The van der Waals surface area contributed by atoms with Gasteiger partial charge in [-0.05, 0) is 50.1 Å². The molecule has 0 saturated heterocycles. The fourth-order valence-electron chi connectivity index (χ4n) is 1.50. The quantitative estimate of drug-likeness (QED) is 0.526. The molecule has 0 aliphatic carbocycles. The number of halogens is 3. The first-order chi connectivity index (χ1) is 9.93. The van der Waals surface area contributed by atoms with E-state index in [0.717, 1.165) is 0 Å². The van der Waals surface area contributed by atoms with E-state index in [4.69, 9.17) is 10.00 Å². The topological polar surface area (TPSA) is 76.2 Å². The number of non-ortho nitro benzene ring substituents is 1. The van der Waals surface area contributed by atoms with Crippen LogP contribution in [0.4, 0.5) is 10.1 Å². The number of rotatable bonds is 3. The third kappa shape index (κ3) is 3.20. The van der Waals surface area contributed by atoms with Crippen molar-refractivity contribution in [3.63, 3.8) is 0 Å². The molecule has 0 spiro atoms. The molecule has 0 unspecified atom stereocenters. The van der Waals surface area contributed by atoms with Gasteiger partial charge in [-0.2, -0.15) is 5.26 Å². The second-order valence-electron chi connectivity index (χ2n) is 3.82. The number of nitro groups is 1. The number of hydrogen-bond acceptors (Lipinski definition) is 4. The molecule has 8 heteroatoms. The third-order valence-electron chi connectivity index (χ3n) is 2.51. The monoisotopic (exact) mass is 414 g/mol. The van der Waals surface area contributed by atoms with Crippen molar-refractivity contribution in [2.75, 3.05) is 0 Å². The molecule has 0 fully saturated rings. The van der Waals surface area contributed by atoms with Gasteiger partial charge in [-0.15, -0.1) is 0 Å². The standard InChI is InChI=1S/C13H5Br2FN2O3/c14-9-3-2-8(18(19)20)5-11(9)21-10-4-1-7(6-17)12(15)13(10)16/h1-5H. The number of ether oxygens (including phenoxy) is 1. The molecule has 0 bridgehead atoms. The fourth-order valence-corrected chi connectivity index (χ4v) is 2.24. The summed E-state index contributed by atoms with van der Waals surface area (Å²) >= 11 is 6.14. The van der Waals surface area contributed by atoms with E-state index in [1.807, 2.05) is 6.07 Å². The molecule has 0 heterocycles. The van der Waals surface area contributed by atoms with Crippen LogP contribution >= 0.6 is 31.9 Å². The summed E-state index contributed by atoms with van der Waals surface area (Å²) < 4.78 is 19.8. The van der Waals surface area contributed by atoms with E-state index in [2.05, 4.69) is 31.9 Å². The van der Waals surface area contributed by atoms with Crippen LogP contribution in [0, 0.1) is 27.3 Å². The average molecular weight is 416 g/mol. The van der Waals surface area contributed by atoms with Crippen molar-refractivity contribution >= 4 is 37.5 Å². The van der Waals surface area contributed by atoms with Crippen LogP contribution in [0.5, 0.6) is 11.5 Å². The van der Waals surface area contributed by atoms with Crippen molar-refractivity contribution in [1.82, 2.24) is 0 Å². The molecule has 0 N–H and O–H groups in total. The second-order valence-corrected chi connectivity index (χ2v) is 5.47. The zero-order valence-electron chi connectivity index (χ0n) is 10.1. The first kappa shape index (κ1) is 15.4. The highest BCUT2D eigenvalue weighted by Crippen LogP contribution is 2.36. The van der Waals surface area contributed by atoms with E-state index in [1.54, 1.807) is 0 Å². The fraction of sp³-hybridized carbons (Fsp3) is 0.